The molecule has 9 nitrogen and oxygen atoms in total. The predicted molar refractivity (Wildman–Crippen MR) is 85.3 cm³/mol. The second-order valence-electron chi connectivity index (χ2n) is 7.30. The predicted octanol–water partition coefficient (Wildman–Crippen LogP) is -0.979. The molecule has 3 rings (SSSR count). The molecule has 2 aliphatic heterocycles. The highest BCUT2D eigenvalue weighted by atomic mass is 16.8. The van der Waals surface area contributed by atoms with E-state index in [1.807, 2.05) is 13.0 Å². The first-order valence-electron chi connectivity index (χ1n) is 8.74. The standard InChI is InChI=1S/C17H26O9/c1-8(19)26-17(2)5-3-9-4-6-23-15(11(9)17)25-16-14(22)13(21)12(20)10(7-18)24-16/h4,6,9-16,18,20-22H,3,5,7H2,1-2H3/t9-,10+,11-,12+,13-,14+,15+,16-,17+/m1/s1. The maximum atomic E-state index is 11.5. The summed E-state index contributed by atoms with van der Waals surface area (Å²) in [6, 6.07) is 0. The summed E-state index contributed by atoms with van der Waals surface area (Å²) < 4.78 is 22.2. The molecular weight excluding hydrogens is 348 g/mol. The highest BCUT2D eigenvalue weighted by Crippen LogP contribution is 2.48. The van der Waals surface area contributed by atoms with Gasteiger partial charge in [0.05, 0.1) is 18.8 Å². The first-order chi connectivity index (χ1) is 12.3. The Hall–Kier alpha value is -1.23. The molecule has 26 heavy (non-hydrogen) atoms. The molecule has 0 aromatic carbocycles. The van der Waals surface area contributed by atoms with Gasteiger partial charge in [-0.05, 0) is 31.8 Å². The lowest BCUT2D eigenvalue weighted by molar-refractivity contribution is -0.346. The second kappa shape index (κ2) is 7.41. The molecular formula is C17H26O9. The van der Waals surface area contributed by atoms with Crippen LogP contribution in [0.1, 0.15) is 26.7 Å². The quantitative estimate of drug-likeness (QED) is 0.458. The Morgan fingerprint density at radius 3 is 2.62 bits per heavy atom. The molecule has 148 valence electrons. The Labute approximate surface area is 151 Å². The van der Waals surface area contributed by atoms with Crippen LogP contribution < -0.4 is 0 Å². The first-order valence-corrected chi connectivity index (χ1v) is 8.74. The summed E-state index contributed by atoms with van der Waals surface area (Å²) in [7, 11) is 0. The van der Waals surface area contributed by atoms with Crippen molar-refractivity contribution in [3.05, 3.63) is 12.3 Å². The molecule has 0 spiro atoms. The number of carbonyl (C=O) groups excluding carboxylic acids is 1. The number of aliphatic hydroxyl groups excluding tert-OH is 4. The minimum absolute atomic E-state index is 0.0583. The van der Waals surface area contributed by atoms with Crippen LogP contribution in [0.25, 0.3) is 0 Å². The fourth-order valence-corrected chi connectivity index (χ4v) is 4.14. The molecule has 4 N–H and O–H groups in total. The van der Waals surface area contributed by atoms with Crippen molar-refractivity contribution in [3.8, 4) is 0 Å². The van der Waals surface area contributed by atoms with Gasteiger partial charge >= 0.3 is 5.97 Å². The molecule has 9 atom stereocenters. The molecule has 0 bridgehead atoms. The van der Waals surface area contributed by atoms with Gasteiger partial charge in [0.25, 0.3) is 0 Å². The maximum Gasteiger partial charge on any atom is 0.303 e. The van der Waals surface area contributed by atoms with Gasteiger partial charge in [0, 0.05) is 6.92 Å². The molecule has 2 heterocycles. The molecule has 0 aromatic heterocycles. The lowest BCUT2D eigenvalue weighted by Crippen LogP contribution is -2.60. The summed E-state index contributed by atoms with van der Waals surface area (Å²) >= 11 is 0. The monoisotopic (exact) mass is 374 g/mol. The number of rotatable bonds is 4. The smallest absolute Gasteiger partial charge is 0.303 e. The van der Waals surface area contributed by atoms with Crippen LogP contribution in [0.2, 0.25) is 0 Å². The van der Waals surface area contributed by atoms with E-state index in [1.165, 1.54) is 13.2 Å². The zero-order valence-electron chi connectivity index (χ0n) is 14.7. The van der Waals surface area contributed by atoms with Crippen LogP contribution >= 0.6 is 0 Å². The van der Waals surface area contributed by atoms with Crippen molar-refractivity contribution < 1.29 is 44.2 Å². The van der Waals surface area contributed by atoms with E-state index in [4.69, 9.17) is 18.9 Å². The third-order valence-electron chi connectivity index (χ3n) is 5.47. The van der Waals surface area contributed by atoms with Gasteiger partial charge in [-0.3, -0.25) is 4.79 Å². The molecule has 0 radical (unpaired) electrons. The van der Waals surface area contributed by atoms with Gasteiger partial charge < -0.3 is 39.4 Å². The van der Waals surface area contributed by atoms with E-state index < -0.39 is 55.2 Å². The number of carbonyl (C=O) groups is 1. The van der Waals surface area contributed by atoms with Crippen molar-refractivity contribution in [2.45, 2.75) is 69.3 Å². The molecule has 0 aromatic rings. The van der Waals surface area contributed by atoms with Crippen LogP contribution in [0.15, 0.2) is 12.3 Å². The van der Waals surface area contributed by atoms with E-state index in [-0.39, 0.29) is 11.8 Å². The number of hydrogen-bond acceptors (Lipinski definition) is 9. The lowest BCUT2D eigenvalue weighted by Gasteiger charge is -2.44. The number of allylic oxidation sites excluding steroid dienone is 1. The van der Waals surface area contributed by atoms with Crippen LogP contribution in [0.5, 0.6) is 0 Å². The molecule has 1 saturated carbocycles. The molecule has 2 fully saturated rings. The largest absolute Gasteiger partial charge is 0.472 e. The van der Waals surface area contributed by atoms with Gasteiger partial charge in [-0.25, -0.2) is 0 Å². The normalized spacial score (nSPS) is 47.9. The SMILES string of the molecule is CC(=O)O[C@@]1(C)CC[C@@H]2C=CO[C@@H](O[C@H]3O[C@@H](CO)[C@H](O)[C@@H](O)[C@@H]3O)[C@@H]21. The first kappa shape index (κ1) is 19.5. The summed E-state index contributed by atoms with van der Waals surface area (Å²) in [5, 5.41) is 39.2. The zero-order valence-corrected chi connectivity index (χ0v) is 14.7. The van der Waals surface area contributed by atoms with Gasteiger partial charge in [-0.2, -0.15) is 0 Å². The number of fused-ring (bicyclic) bond motifs is 1. The van der Waals surface area contributed by atoms with Crippen molar-refractivity contribution in [1.29, 1.82) is 0 Å². The highest BCUT2D eigenvalue weighted by Gasteiger charge is 2.55. The second-order valence-corrected chi connectivity index (χ2v) is 7.30. The van der Waals surface area contributed by atoms with Crippen LogP contribution in [-0.4, -0.2) is 75.6 Å². The number of ether oxygens (including phenoxy) is 4. The van der Waals surface area contributed by atoms with Gasteiger partial charge in [-0.15, -0.1) is 0 Å². The van der Waals surface area contributed by atoms with E-state index >= 15 is 0 Å². The van der Waals surface area contributed by atoms with Gasteiger partial charge in [-0.1, -0.05) is 0 Å². The summed E-state index contributed by atoms with van der Waals surface area (Å²) in [6.45, 7) is 2.60. The highest BCUT2D eigenvalue weighted by molar-refractivity contribution is 5.66. The van der Waals surface area contributed by atoms with Gasteiger partial charge in [0.15, 0.2) is 6.29 Å². The fraction of sp³-hybridized carbons (Fsp3) is 0.824. The van der Waals surface area contributed by atoms with Gasteiger partial charge in [0.1, 0.15) is 30.0 Å². The zero-order chi connectivity index (χ0) is 19.1. The lowest BCUT2D eigenvalue weighted by atomic mass is 9.85. The third-order valence-corrected chi connectivity index (χ3v) is 5.47. The maximum absolute atomic E-state index is 11.5. The Morgan fingerprint density at radius 1 is 1.23 bits per heavy atom. The van der Waals surface area contributed by atoms with E-state index in [2.05, 4.69) is 0 Å². The number of esters is 1. The Balaban J connectivity index is 1.77. The van der Waals surface area contributed by atoms with Crippen molar-refractivity contribution >= 4 is 5.97 Å². The van der Waals surface area contributed by atoms with Crippen LogP contribution in [0.4, 0.5) is 0 Å². The van der Waals surface area contributed by atoms with Crippen LogP contribution in [0, 0.1) is 11.8 Å². The van der Waals surface area contributed by atoms with Crippen molar-refractivity contribution in [2.75, 3.05) is 6.61 Å². The average molecular weight is 374 g/mol. The average Bonchev–Trinajstić information content (AvgIpc) is 2.92. The summed E-state index contributed by atoms with van der Waals surface area (Å²) in [6.07, 6.45) is -3.02. The van der Waals surface area contributed by atoms with Crippen molar-refractivity contribution in [3.63, 3.8) is 0 Å². The fourth-order valence-electron chi connectivity index (χ4n) is 4.14. The Bertz CT molecular complexity index is 550. The molecule has 1 saturated heterocycles. The topological polar surface area (TPSA) is 135 Å². The molecule has 0 amide bonds. The molecule has 1 aliphatic carbocycles. The Morgan fingerprint density at radius 2 is 1.96 bits per heavy atom. The summed E-state index contributed by atoms with van der Waals surface area (Å²) in [4.78, 5) is 11.5. The number of aliphatic hydroxyl groups is 4. The third kappa shape index (κ3) is 3.47. The summed E-state index contributed by atoms with van der Waals surface area (Å²) in [5.74, 6) is -0.680. The van der Waals surface area contributed by atoms with E-state index in [9.17, 15) is 25.2 Å². The van der Waals surface area contributed by atoms with Gasteiger partial charge in [0.2, 0.25) is 6.29 Å². The Kier molecular flexibility index (Phi) is 5.57. The van der Waals surface area contributed by atoms with E-state index in [0.717, 1.165) is 6.42 Å². The van der Waals surface area contributed by atoms with Crippen molar-refractivity contribution in [1.82, 2.24) is 0 Å². The minimum atomic E-state index is -1.54. The molecule has 9 heteroatoms. The van der Waals surface area contributed by atoms with E-state index in [0.29, 0.717) is 6.42 Å². The summed E-state index contributed by atoms with van der Waals surface area (Å²) in [5.41, 5.74) is -0.806. The van der Waals surface area contributed by atoms with Crippen LogP contribution in [0.3, 0.4) is 0 Å². The number of hydrogen-bond donors (Lipinski definition) is 4. The van der Waals surface area contributed by atoms with E-state index in [1.54, 1.807) is 0 Å². The van der Waals surface area contributed by atoms with Crippen molar-refractivity contribution in [2.24, 2.45) is 11.8 Å². The molecule has 0 unspecified atom stereocenters. The van der Waals surface area contributed by atoms with Crippen LogP contribution in [-0.2, 0) is 23.7 Å². The minimum Gasteiger partial charge on any atom is -0.472 e. The molecule has 3 aliphatic rings.